The van der Waals surface area contributed by atoms with Crippen LogP contribution in [0, 0.1) is 0 Å². The molecule has 0 saturated heterocycles. The summed E-state index contributed by atoms with van der Waals surface area (Å²) in [6.07, 6.45) is -5.88. The maximum absolute atomic E-state index is 11.9. The van der Waals surface area contributed by atoms with Crippen molar-refractivity contribution in [1.82, 2.24) is 10.1 Å². The van der Waals surface area contributed by atoms with Crippen molar-refractivity contribution in [3.8, 4) is 17.5 Å². The number of rotatable bonds is 3. The number of benzene rings is 1. The van der Waals surface area contributed by atoms with E-state index in [9.17, 15) is 18.0 Å². The summed E-state index contributed by atoms with van der Waals surface area (Å²) >= 11 is 0. The first-order valence-electron chi connectivity index (χ1n) is 5.31. The molecule has 1 heterocycles. The number of carbonyl (C=O) groups excluding carboxylic acids is 1. The van der Waals surface area contributed by atoms with Gasteiger partial charge in [-0.15, -0.1) is 13.2 Å². The smallest absolute Gasteiger partial charge is 0.355 e. The molecule has 0 radical (unpaired) electrons. The highest BCUT2D eigenvalue weighted by Gasteiger charge is 2.34. The summed E-state index contributed by atoms with van der Waals surface area (Å²) in [6.45, 7) is 1.36. The molecule has 2 aromatic rings. The maximum atomic E-state index is 11.9. The lowest BCUT2D eigenvalue weighted by atomic mass is 10.2. The van der Waals surface area contributed by atoms with Gasteiger partial charge < -0.3 is 10.1 Å². The van der Waals surface area contributed by atoms with Crippen LogP contribution < -0.4 is 10.1 Å². The monoisotopic (exact) mass is 287 g/mol. The number of ether oxygens (including phenoxy) is 1. The minimum absolute atomic E-state index is 0.0568. The summed E-state index contributed by atoms with van der Waals surface area (Å²) in [6, 6.07) is 6.15. The van der Waals surface area contributed by atoms with E-state index in [1.165, 1.54) is 19.1 Å². The third-order valence-corrected chi connectivity index (χ3v) is 2.07. The number of carbonyl (C=O) groups is 1. The second kappa shape index (κ2) is 5.19. The quantitative estimate of drug-likeness (QED) is 0.938. The molecule has 1 N–H and O–H groups in total. The average molecular weight is 287 g/mol. The number of anilines is 1. The van der Waals surface area contributed by atoms with E-state index in [1.54, 1.807) is 12.1 Å². The Balaban J connectivity index is 2.14. The fourth-order valence-electron chi connectivity index (χ4n) is 1.37. The second-order valence-electron chi connectivity index (χ2n) is 3.69. The topological polar surface area (TPSA) is 77.2 Å². The third-order valence-electron chi connectivity index (χ3n) is 2.07. The van der Waals surface area contributed by atoms with E-state index in [-0.39, 0.29) is 11.7 Å². The number of alkyl halides is 3. The lowest BCUT2D eigenvalue weighted by Crippen LogP contribution is -2.17. The van der Waals surface area contributed by atoms with Gasteiger partial charge in [0.25, 0.3) is 0 Å². The van der Waals surface area contributed by atoms with Crippen molar-refractivity contribution in [2.45, 2.75) is 13.3 Å². The van der Waals surface area contributed by atoms with Crippen molar-refractivity contribution >= 4 is 11.6 Å². The number of hydrogen-bond acceptors (Lipinski definition) is 5. The highest BCUT2D eigenvalue weighted by Crippen LogP contribution is 2.24. The molecule has 0 fully saturated rings. The molecule has 0 aliphatic rings. The molecule has 2 rings (SSSR count). The van der Waals surface area contributed by atoms with Crippen LogP contribution in [0.25, 0.3) is 11.4 Å². The van der Waals surface area contributed by atoms with Gasteiger partial charge in [-0.05, 0) is 24.3 Å². The van der Waals surface area contributed by atoms with E-state index in [0.29, 0.717) is 11.3 Å². The van der Waals surface area contributed by atoms with E-state index in [2.05, 4.69) is 24.7 Å². The van der Waals surface area contributed by atoms with E-state index in [0.717, 1.165) is 0 Å². The van der Waals surface area contributed by atoms with Gasteiger partial charge >= 0.3 is 12.4 Å². The number of hydrogen-bond donors (Lipinski definition) is 1. The van der Waals surface area contributed by atoms with Crippen molar-refractivity contribution in [1.29, 1.82) is 0 Å². The predicted octanol–water partition coefficient (Wildman–Crippen LogP) is 2.59. The van der Waals surface area contributed by atoms with Crippen molar-refractivity contribution in [2.24, 2.45) is 0 Å². The van der Waals surface area contributed by atoms with Gasteiger partial charge in [0.05, 0.1) is 0 Å². The zero-order valence-electron chi connectivity index (χ0n) is 10.1. The molecule has 1 amide bonds. The van der Waals surface area contributed by atoms with Crippen LogP contribution in [0.5, 0.6) is 6.08 Å². The highest BCUT2D eigenvalue weighted by atomic mass is 19.4. The summed E-state index contributed by atoms with van der Waals surface area (Å²) < 4.78 is 43.6. The first-order valence-corrected chi connectivity index (χ1v) is 5.31. The van der Waals surface area contributed by atoms with Crippen LogP contribution in [0.15, 0.2) is 28.8 Å². The van der Waals surface area contributed by atoms with E-state index in [1.807, 2.05) is 0 Å². The number of halogens is 3. The average Bonchev–Trinajstić information content (AvgIpc) is 2.75. The molecule has 0 atom stereocenters. The Morgan fingerprint density at radius 1 is 1.30 bits per heavy atom. The van der Waals surface area contributed by atoms with Crippen molar-refractivity contribution in [2.75, 3.05) is 5.32 Å². The molecule has 20 heavy (non-hydrogen) atoms. The van der Waals surface area contributed by atoms with Gasteiger partial charge in [-0.3, -0.25) is 9.32 Å². The molecule has 0 bridgehead atoms. The highest BCUT2D eigenvalue weighted by molar-refractivity contribution is 5.88. The van der Waals surface area contributed by atoms with Gasteiger partial charge in [0.1, 0.15) is 0 Å². The van der Waals surface area contributed by atoms with Crippen LogP contribution in [0.4, 0.5) is 18.9 Å². The lowest BCUT2D eigenvalue weighted by molar-refractivity contribution is -0.283. The van der Waals surface area contributed by atoms with Crippen LogP contribution in [0.2, 0.25) is 0 Å². The van der Waals surface area contributed by atoms with Gasteiger partial charge in [0.2, 0.25) is 11.7 Å². The van der Waals surface area contributed by atoms with E-state index < -0.39 is 12.4 Å². The number of amides is 1. The third kappa shape index (κ3) is 3.70. The van der Waals surface area contributed by atoms with Crippen LogP contribution in [-0.4, -0.2) is 22.4 Å². The van der Waals surface area contributed by atoms with Gasteiger partial charge in [0.15, 0.2) is 0 Å². The first-order chi connectivity index (χ1) is 9.33. The molecule has 1 aromatic heterocycles. The summed E-state index contributed by atoms with van der Waals surface area (Å²) in [5, 5.41) is 5.91. The standard InChI is InChI=1S/C11H8F3N3O3/c1-6(18)15-8-4-2-7(3-5-8)9-16-10(20-17-9)19-11(12,13)14/h2-5H,1H3,(H,15,18). The van der Waals surface area contributed by atoms with Gasteiger partial charge in [0, 0.05) is 18.2 Å². The number of nitrogens with zero attached hydrogens (tertiary/aromatic N) is 2. The molecule has 6 nitrogen and oxygen atoms in total. The fourth-order valence-corrected chi connectivity index (χ4v) is 1.37. The summed E-state index contributed by atoms with van der Waals surface area (Å²) in [5.41, 5.74) is 0.955. The van der Waals surface area contributed by atoms with Crippen molar-refractivity contribution in [3.63, 3.8) is 0 Å². The number of aromatic nitrogens is 2. The molecule has 106 valence electrons. The van der Waals surface area contributed by atoms with E-state index >= 15 is 0 Å². The minimum Gasteiger partial charge on any atom is -0.355 e. The Morgan fingerprint density at radius 3 is 2.50 bits per heavy atom. The van der Waals surface area contributed by atoms with Crippen molar-refractivity contribution < 1.29 is 27.2 Å². The molecule has 9 heteroatoms. The maximum Gasteiger partial charge on any atom is 0.576 e. The molecule has 0 aliphatic carbocycles. The first kappa shape index (κ1) is 13.8. The largest absolute Gasteiger partial charge is 0.576 e. The van der Waals surface area contributed by atoms with Gasteiger partial charge in [-0.1, -0.05) is 5.16 Å². The predicted molar refractivity (Wildman–Crippen MR) is 60.7 cm³/mol. The molecule has 0 spiro atoms. The van der Waals surface area contributed by atoms with Crippen molar-refractivity contribution in [3.05, 3.63) is 24.3 Å². The van der Waals surface area contributed by atoms with Crippen LogP contribution in [-0.2, 0) is 4.79 Å². The van der Waals surface area contributed by atoms with Gasteiger partial charge in [-0.25, -0.2) is 0 Å². The zero-order chi connectivity index (χ0) is 14.8. The van der Waals surface area contributed by atoms with Crippen LogP contribution in [0.3, 0.4) is 0 Å². The SMILES string of the molecule is CC(=O)Nc1ccc(-c2noc(OC(F)(F)F)n2)cc1. The summed E-state index contributed by atoms with van der Waals surface area (Å²) in [7, 11) is 0. The van der Waals surface area contributed by atoms with Gasteiger partial charge in [-0.2, -0.15) is 4.98 Å². The molecular formula is C11H8F3N3O3. The Morgan fingerprint density at radius 2 is 1.95 bits per heavy atom. The Kier molecular flexibility index (Phi) is 3.59. The zero-order valence-corrected chi connectivity index (χ0v) is 10.1. The Hall–Kier alpha value is -2.58. The molecular weight excluding hydrogens is 279 g/mol. The second-order valence-corrected chi connectivity index (χ2v) is 3.69. The molecule has 0 unspecified atom stereocenters. The molecule has 1 aromatic carbocycles. The molecule has 0 saturated carbocycles. The van der Waals surface area contributed by atoms with Crippen LogP contribution >= 0.6 is 0 Å². The Labute approximate surface area is 110 Å². The van der Waals surface area contributed by atoms with Crippen LogP contribution in [0.1, 0.15) is 6.92 Å². The fraction of sp³-hybridized carbons (Fsp3) is 0.182. The Bertz CT molecular complexity index is 607. The van der Waals surface area contributed by atoms with E-state index in [4.69, 9.17) is 0 Å². The molecule has 0 aliphatic heterocycles. The lowest BCUT2D eigenvalue weighted by Gasteiger charge is -2.02. The summed E-state index contributed by atoms with van der Waals surface area (Å²) in [4.78, 5) is 14.3. The summed E-state index contributed by atoms with van der Waals surface area (Å²) in [5.74, 6) is -0.295. The normalized spacial score (nSPS) is 11.2. The number of nitrogens with one attached hydrogen (secondary N) is 1. The minimum atomic E-state index is -4.89.